The van der Waals surface area contributed by atoms with Crippen molar-refractivity contribution in [3.8, 4) is 17.2 Å². The summed E-state index contributed by atoms with van der Waals surface area (Å²) in [6, 6.07) is 5.04. The largest absolute Gasteiger partial charge is 0.507 e. The molecule has 0 bridgehead atoms. The van der Waals surface area contributed by atoms with Gasteiger partial charge in [0, 0.05) is 17.8 Å². The Morgan fingerprint density at radius 3 is 2.52 bits per heavy atom. The Labute approximate surface area is 158 Å². The quantitative estimate of drug-likeness (QED) is 0.712. The van der Waals surface area contributed by atoms with Crippen LogP contribution in [0.5, 0.6) is 17.2 Å². The molecule has 27 heavy (non-hydrogen) atoms. The highest BCUT2D eigenvalue weighted by molar-refractivity contribution is 5.97. The second-order valence-electron chi connectivity index (χ2n) is 6.11. The lowest BCUT2D eigenvalue weighted by Crippen LogP contribution is -2.04. The van der Waals surface area contributed by atoms with E-state index in [1.807, 2.05) is 19.9 Å². The summed E-state index contributed by atoms with van der Waals surface area (Å²) in [6.45, 7) is 3.86. The van der Waals surface area contributed by atoms with E-state index >= 15 is 0 Å². The summed E-state index contributed by atoms with van der Waals surface area (Å²) in [4.78, 5) is 16.0. The van der Waals surface area contributed by atoms with Gasteiger partial charge < -0.3 is 19.7 Å². The number of hydrogen-bond acceptors (Lipinski definition) is 5. The van der Waals surface area contributed by atoms with Gasteiger partial charge in [-0.2, -0.15) is 0 Å². The molecule has 2 N–H and O–H groups in total. The van der Waals surface area contributed by atoms with Gasteiger partial charge in [0.15, 0.2) is 0 Å². The first-order valence-electron chi connectivity index (χ1n) is 8.35. The number of nitrogens with zero attached hydrogens (tertiary/aromatic N) is 1. The molecule has 0 aliphatic rings. The van der Waals surface area contributed by atoms with Gasteiger partial charge in [-0.15, -0.1) is 0 Å². The molecule has 6 nitrogen and oxygen atoms in total. The molecule has 1 aromatic heterocycles. The highest BCUT2D eigenvalue weighted by atomic mass is 16.5. The van der Waals surface area contributed by atoms with Crippen molar-refractivity contribution in [3.63, 3.8) is 0 Å². The Bertz CT molecular complexity index is 896. The van der Waals surface area contributed by atoms with Gasteiger partial charge in [-0.05, 0) is 44.0 Å². The molecule has 1 heterocycles. The Hall–Kier alpha value is -3.28. The molecule has 0 aliphatic carbocycles. The van der Waals surface area contributed by atoms with Gasteiger partial charge in [-0.1, -0.05) is 17.7 Å². The molecule has 2 rings (SSSR count). The number of phenols is 1. The number of methoxy groups -OCH3 is 2. The van der Waals surface area contributed by atoms with E-state index in [9.17, 15) is 15.0 Å². The number of ether oxygens (including phenoxy) is 2. The Morgan fingerprint density at radius 1 is 1.19 bits per heavy atom. The van der Waals surface area contributed by atoms with Crippen molar-refractivity contribution < 1.29 is 24.5 Å². The molecule has 0 atom stereocenters. The summed E-state index contributed by atoms with van der Waals surface area (Å²) in [5.74, 6) is -0.446. The monoisotopic (exact) mass is 369 g/mol. The number of aromatic hydroxyl groups is 1. The maximum atomic E-state index is 11.8. The lowest BCUT2D eigenvalue weighted by molar-refractivity contribution is 0.0693. The number of aromatic nitrogens is 1. The van der Waals surface area contributed by atoms with Crippen molar-refractivity contribution in [2.24, 2.45) is 0 Å². The van der Waals surface area contributed by atoms with Crippen LogP contribution in [-0.2, 0) is 6.42 Å². The van der Waals surface area contributed by atoms with E-state index in [1.54, 1.807) is 43.7 Å². The number of carbonyl (C=O) groups is 1. The SMILES string of the molecule is COc1ccnc(/C=C/c2cc(OC)c(CC=C(C)C)c(O)c2C(=O)O)c1. The van der Waals surface area contributed by atoms with Crippen LogP contribution in [0.2, 0.25) is 0 Å². The maximum Gasteiger partial charge on any atom is 0.340 e. The molecular weight excluding hydrogens is 346 g/mol. The zero-order valence-corrected chi connectivity index (χ0v) is 15.8. The highest BCUT2D eigenvalue weighted by Gasteiger charge is 2.21. The number of pyridine rings is 1. The van der Waals surface area contributed by atoms with Gasteiger partial charge in [0.1, 0.15) is 22.8 Å². The fourth-order valence-corrected chi connectivity index (χ4v) is 2.57. The normalized spacial score (nSPS) is 10.7. The predicted octanol–water partition coefficient (Wildman–Crippen LogP) is 4.18. The number of aromatic carboxylic acids is 1. The van der Waals surface area contributed by atoms with Gasteiger partial charge in [0.25, 0.3) is 0 Å². The second kappa shape index (κ2) is 8.89. The minimum atomic E-state index is -1.22. The standard InChI is InChI=1S/C21H23NO5/c1-13(2)5-8-17-18(27-4)11-14(19(20(17)23)21(24)25)6-7-15-12-16(26-3)9-10-22-15/h5-7,9-12,23H,8H2,1-4H3,(H,24,25)/b7-6+. The maximum absolute atomic E-state index is 11.8. The van der Waals surface area contributed by atoms with E-state index in [0.29, 0.717) is 34.7 Å². The van der Waals surface area contributed by atoms with E-state index in [-0.39, 0.29) is 11.3 Å². The molecule has 2 aromatic rings. The number of carboxylic acids is 1. The van der Waals surface area contributed by atoms with E-state index in [1.165, 1.54) is 7.11 Å². The van der Waals surface area contributed by atoms with Gasteiger partial charge in [-0.3, -0.25) is 4.98 Å². The van der Waals surface area contributed by atoms with Crippen LogP contribution in [0.1, 0.15) is 41.0 Å². The Kier molecular flexibility index (Phi) is 6.60. The molecule has 0 radical (unpaired) electrons. The number of rotatable bonds is 7. The summed E-state index contributed by atoms with van der Waals surface area (Å²) in [7, 11) is 3.04. The first-order chi connectivity index (χ1) is 12.9. The summed E-state index contributed by atoms with van der Waals surface area (Å²) in [5.41, 5.74) is 2.24. The summed E-state index contributed by atoms with van der Waals surface area (Å²) < 4.78 is 10.5. The highest BCUT2D eigenvalue weighted by Crippen LogP contribution is 2.36. The third kappa shape index (κ3) is 4.88. The molecule has 0 saturated carbocycles. The Balaban J connectivity index is 2.54. The number of benzene rings is 1. The van der Waals surface area contributed by atoms with E-state index in [2.05, 4.69) is 4.98 Å². The molecule has 0 spiro atoms. The Morgan fingerprint density at radius 2 is 1.93 bits per heavy atom. The zero-order chi connectivity index (χ0) is 20.0. The summed E-state index contributed by atoms with van der Waals surface area (Å²) in [5, 5.41) is 20.2. The molecule has 0 amide bonds. The van der Waals surface area contributed by atoms with Crippen LogP contribution in [0.4, 0.5) is 0 Å². The minimum absolute atomic E-state index is 0.174. The lowest BCUT2D eigenvalue weighted by Gasteiger charge is -2.14. The van der Waals surface area contributed by atoms with E-state index in [0.717, 1.165) is 5.57 Å². The molecule has 0 aliphatic heterocycles. The number of allylic oxidation sites excluding steroid dienone is 2. The fourth-order valence-electron chi connectivity index (χ4n) is 2.57. The lowest BCUT2D eigenvalue weighted by atomic mass is 9.97. The molecular formula is C21H23NO5. The molecule has 6 heteroatoms. The topological polar surface area (TPSA) is 88.9 Å². The molecule has 1 aromatic carbocycles. The van der Waals surface area contributed by atoms with E-state index in [4.69, 9.17) is 9.47 Å². The first kappa shape index (κ1) is 20.0. The van der Waals surface area contributed by atoms with Crippen molar-refractivity contribution in [1.29, 1.82) is 0 Å². The molecule has 0 fully saturated rings. The first-order valence-corrected chi connectivity index (χ1v) is 8.35. The minimum Gasteiger partial charge on any atom is -0.507 e. The third-order valence-corrected chi connectivity index (χ3v) is 3.97. The second-order valence-corrected chi connectivity index (χ2v) is 6.11. The van der Waals surface area contributed by atoms with Crippen LogP contribution >= 0.6 is 0 Å². The average molecular weight is 369 g/mol. The zero-order valence-electron chi connectivity index (χ0n) is 15.8. The van der Waals surface area contributed by atoms with Crippen LogP contribution < -0.4 is 9.47 Å². The van der Waals surface area contributed by atoms with Crippen LogP contribution in [0.25, 0.3) is 12.2 Å². The van der Waals surface area contributed by atoms with E-state index < -0.39 is 5.97 Å². The third-order valence-electron chi connectivity index (χ3n) is 3.97. The van der Waals surface area contributed by atoms with Gasteiger partial charge >= 0.3 is 5.97 Å². The van der Waals surface area contributed by atoms with Crippen molar-refractivity contribution in [3.05, 3.63) is 58.4 Å². The number of hydrogen-bond donors (Lipinski definition) is 2. The smallest absolute Gasteiger partial charge is 0.340 e. The van der Waals surface area contributed by atoms with Gasteiger partial charge in [-0.25, -0.2) is 4.79 Å². The summed E-state index contributed by atoms with van der Waals surface area (Å²) in [6.07, 6.45) is 7.10. The van der Waals surface area contributed by atoms with Gasteiger partial charge in [0.05, 0.1) is 19.9 Å². The molecule has 0 unspecified atom stereocenters. The molecule has 0 saturated heterocycles. The van der Waals surface area contributed by atoms with Crippen LogP contribution in [0.3, 0.4) is 0 Å². The van der Waals surface area contributed by atoms with Crippen molar-refractivity contribution in [1.82, 2.24) is 4.98 Å². The van der Waals surface area contributed by atoms with Crippen LogP contribution in [-0.4, -0.2) is 35.4 Å². The van der Waals surface area contributed by atoms with Crippen LogP contribution in [0, 0.1) is 0 Å². The fraction of sp³-hybridized carbons (Fsp3) is 0.238. The summed E-state index contributed by atoms with van der Waals surface area (Å²) >= 11 is 0. The van der Waals surface area contributed by atoms with Crippen molar-refractivity contribution in [2.45, 2.75) is 20.3 Å². The predicted molar refractivity (Wildman–Crippen MR) is 104 cm³/mol. The number of carboxylic acid groups (broad SMARTS) is 1. The molecule has 142 valence electrons. The van der Waals surface area contributed by atoms with Crippen molar-refractivity contribution >= 4 is 18.1 Å². The average Bonchev–Trinajstić information content (AvgIpc) is 2.64. The van der Waals surface area contributed by atoms with Crippen molar-refractivity contribution in [2.75, 3.05) is 14.2 Å². The van der Waals surface area contributed by atoms with Crippen LogP contribution in [0.15, 0.2) is 36.0 Å². The van der Waals surface area contributed by atoms with Gasteiger partial charge in [0.2, 0.25) is 0 Å².